The molecule has 0 aromatic heterocycles. The van der Waals surface area contributed by atoms with Gasteiger partial charge in [0.2, 0.25) is 0 Å². The summed E-state index contributed by atoms with van der Waals surface area (Å²) in [6.45, 7) is 0. The Morgan fingerprint density at radius 1 is 0.885 bits per heavy atom. The zero-order chi connectivity index (χ0) is 17.6. The van der Waals surface area contributed by atoms with Crippen LogP contribution in [0.2, 0.25) is 5.02 Å². The summed E-state index contributed by atoms with van der Waals surface area (Å²) >= 11 is 6.40. The first-order chi connectivity index (χ1) is 12.7. The fourth-order valence-corrected chi connectivity index (χ4v) is 4.88. The van der Waals surface area contributed by atoms with E-state index >= 15 is 0 Å². The van der Waals surface area contributed by atoms with Crippen LogP contribution in [-0.4, -0.2) is 5.60 Å². The lowest BCUT2D eigenvalue weighted by molar-refractivity contribution is 0.0453. The van der Waals surface area contributed by atoms with Gasteiger partial charge in [-0.15, -0.1) is 0 Å². The van der Waals surface area contributed by atoms with Crippen molar-refractivity contribution in [1.29, 1.82) is 0 Å². The number of ether oxygens (including phenoxy) is 1. The molecular formula is C23H22ClNO. The van der Waals surface area contributed by atoms with Gasteiger partial charge in [-0.3, -0.25) is 0 Å². The summed E-state index contributed by atoms with van der Waals surface area (Å²) in [7, 11) is 0. The molecule has 3 aromatic carbocycles. The Kier molecular flexibility index (Phi) is 3.82. The summed E-state index contributed by atoms with van der Waals surface area (Å²) in [4.78, 5) is 0. The molecule has 1 spiro atoms. The molecule has 26 heavy (non-hydrogen) atoms. The van der Waals surface area contributed by atoms with Crippen molar-refractivity contribution in [2.24, 2.45) is 0 Å². The third kappa shape index (κ3) is 2.64. The summed E-state index contributed by atoms with van der Waals surface area (Å²) in [6, 6.07) is 21.1. The largest absolute Gasteiger partial charge is 0.487 e. The molecule has 1 fully saturated rings. The SMILES string of the molecule is Clc1ccc(NC2CC3(CCCC3)Oc3ccccc32)c2ccccc12. The van der Waals surface area contributed by atoms with E-state index in [1.807, 2.05) is 12.1 Å². The van der Waals surface area contributed by atoms with Crippen molar-refractivity contribution < 1.29 is 4.74 Å². The minimum Gasteiger partial charge on any atom is -0.487 e. The maximum Gasteiger partial charge on any atom is 0.125 e. The second-order valence-corrected chi connectivity index (χ2v) is 7.98. The predicted octanol–water partition coefficient (Wildman–Crippen LogP) is 6.74. The van der Waals surface area contributed by atoms with Gasteiger partial charge in [0.25, 0.3) is 0 Å². The van der Waals surface area contributed by atoms with E-state index in [-0.39, 0.29) is 11.6 Å². The van der Waals surface area contributed by atoms with Gasteiger partial charge in [-0.1, -0.05) is 54.1 Å². The number of halogens is 1. The van der Waals surface area contributed by atoms with Gasteiger partial charge >= 0.3 is 0 Å². The monoisotopic (exact) mass is 363 g/mol. The van der Waals surface area contributed by atoms with Crippen LogP contribution < -0.4 is 10.1 Å². The molecule has 0 bridgehead atoms. The normalized spacial score (nSPS) is 20.7. The molecule has 132 valence electrons. The highest BCUT2D eigenvalue weighted by Gasteiger charge is 2.43. The summed E-state index contributed by atoms with van der Waals surface area (Å²) in [5, 5.41) is 6.88. The molecule has 1 heterocycles. The van der Waals surface area contributed by atoms with Crippen LogP contribution >= 0.6 is 11.6 Å². The van der Waals surface area contributed by atoms with E-state index in [1.54, 1.807) is 0 Å². The van der Waals surface area contributed by atoms with E-state index in [9.17, 15) is 0 Å². The second-order valence-electron chi connectivity index (χ2n) is 7.57. The highest BCUT2D eigenvalue weighted by Crippen LogP contribution is 2.48. The lowest BCUT2D eigenvalue weighted by atomic mass is 9.85. The van der Waals surface area contributed by atoms with Crippen LogP contribution in [0.1, 0.15) is 43.7 Å². The Labute approximate surface area is 159 Å². The Hall–Kier alpha value is -2.19. The summed E-state index contributed by atoms with van der Waals surface area (Å²) in [5.74, 6) is 1.04. The lowest BCUT2D eigenvalue weighted by Crippen LogP contribution is -2.40. The number of fused-ring (bicyclic) bond motifs is 2. The van der Waals surface area contributed by atoms with Gasteiger partial charge in [-0.2, -0.15) is 0 Å². The summed E-state index contributed by atoms with van der Waals surface area (Å²) in [6.07, 6.45) is 5.85. The minimum absolute atomic E-state index is 0.00571. The molecule has 1 atom stereocenters. The molecule has 0 saturated heterocycles. The molecule has 2 aliphatic rings. The number of hydrogen-bond donors (Lipinski definition) is 1. The highest BCUT2D eigenvalue weighted by molar-refractivity contribution is 6.36. The maximum absolute atomic E-state index is 6.49. The molecule has 2 nitrogen and oxygen atoms in total. The van der Waals surface area contributed by atoms with Crippen LogP contribution in [0.4, 0.5) is 5.69 Å². The Bertz CT molecular complexity index is 961. The lowest BCUT2D eigenvalue weighted by Gasteiger charge is -2.40. The average molecular weight is 364 g/mol. The summed E-state index contributed by atoms with van der Waals surface area (Å²) < 4.78 is 6.49. The Morgan fingerprint density at radius 3 is 2.46 bits per heavy atom. The van der Waals surface area contributed by atoms with Crippen LogP contribution in [0.5, 0.6) is 5.75 Å². The Balaban J connectivity index is 1.57. The minimum atomic E-state index is -0.00571. The van der Waals surface area contributed by atoms with Gasteiger partial charge < -0.3 is 10.1 Å². The Morgan fingerprint density at radius 2 is 1.62 bits per heavy atom. The fourth-order valence-electron chi connectivity index (χ4n) is 4.65. The number of benzene rings is 3. The van der Waals surface area contributed by atoms with Crippen molar-refractivity contribution in [3.63, 3.8) is 0 Å². The zero-order valence-electron chi connectivity index (χ0n) is 14.7. The van der Waals surface area contributed by atoms with E-state index in [1.165, 1.54) is 23.8 Å². The van der Waals surface area contributed by atoms with Crippen molar-refractivity contribution in [3.05, 3.63) is 71.2 Å². The third-order valence-electron chi connectivity index (χ3n) is 5.91. The smallest absolute Gasteiger partial charge is 0.125 e. The van der Waals surface area contributed by atoms with Crippen molar-refractivity contribution in [3.8, 4) is 5.75 Å². The molecule has 1 N–H and O–H groups in total. The van der Waals surface area contributed by atoms with Gasteiger partial charge in [-0.25, -0.2) is 0 Å². The molecule has 5 rings (SSSR count). The van der Waals surface area contributed by atoms with E-state index in [0.29, 0.717) is 0 Å². The first-order valence-corrected chi connectivity index (χ1v) is 9.84. The molecule has 3 aromatic rings. The van der Waals surface area contributed by atoms with Crippen LogP contribution in [0.25, 0.3) is 10.8 Å². The van der Waals surface area contributed by atoms with Crippen LogP contribution in [-0.2, 0) is 0 Å². The van der Waals surface area contributed by atoms with Crippen LogP contribution in [0.3, 0.4) is 0 Å². The second kappa shape index (κ2) is 6.21. The number of nitrogens with one attached hydrogen (secondary N) is 1. The summed E-state index contributed by atoms with van der Waals surface area (Å²) in [5.41, 5.74) is 2.39. The maximum atomic E-state index is 6.49. The number of hydrogen-bond acceptors (Lipinski definition) is 2. The van der Waals surface area contributed by atoms with E-state index in [4.69, 9.17) is 16.3 Å². The molecule has 1 aliphatic carbocycles. The van der Waals surface area contributed by atoms with Crippen molar-refractivity contribution in [2.45, 2.75) is 43.7 Å². The van der Waals surface area contributed by atoms with E-state index in [2.05, 4.69) is 53.8 Å². The standard InChI is InChI=1S/C23H22ClNO/c24-19-11-12-20(17-8-2-1-7-16(17)19)25-21-15-23(13-5-6-14-23)26-22-10-4-3-9-18(21)22/h1-4,7-12,21,25H,5-6,13-15H2. The van der Waals surface area contributed by atoms with Gasteiger partial charge in [0.05, 0.1) is 6.04 Å². The quantitative estimate of drug-likeness (QED) is 0.544. The molecule has 1 saturated carbocycles. The molecule has 1 unspecified atom stereocenters. The molecule has 1 aliphatic heterocycles. The topological polar surface area (TPSA) is 21.3 Å². The van der Waals surface area contributed by atoms with Crippen molar-refractivity contribution >= 4 is 28.1 Å². The van der Waals surface area contributed by atoms with Gasteiger partial charge in [0.1, 0.15) is 11.4 Å². The number of para-hydroxylation sites is 1. The van der Waals surface area contributed by atoms with Crippen LogP contribution in [0, 0.1) is 0 Å². The number of rotatable bonds is 2. The molecule has 0 amide bonds. The molecule has 0 radical (unpaired) electrons. The fraction of sp³-hybridized carbons (Fsp3) is 0.304. The highest BCUT2D eigenvalue weighted by atomic mass is 35.5. The first kappa shape index (κ1) is 16.0. The zero-order valence-corrected chi connectivity index (χ0v) is 15.4. The van der Waals surface area contributed by atoms with Gasteiger partial charge in [0, 0.05) is 33.5 Å². The molecule has 3 heteroatoms. The predicted molar refractivity (Wildman–Crippen MR) is 108 cm³/mol. The van der Waals surface area contributed by atoms with Gasteiger partial charge in [0.15, 0.2) is 0 Å². The molecular weight excluding hydrogens is 342 g/mol. The van der Waals surface area contributed by atoms with Crippen molar-refractivity contribution in [2.75, 3.05) is 5.32 Å². The van der Waals surface area contributed by atoms with E-state index < -0.39 is 0 Å². The first-order valence-electron chi connectivity index (χ1n) is 9.46. The average Bonchev–Trinajstić information content (AvgIpc) is 3.11. The number of anilines is 1. The van der Waals surface area contributed by atoms with Crippen LogP contribution in [0.15, 0.2) is 60.7 Å². The van der Waals surface area contributed by atoms with Crippen molar-refractivity contribution in [1.82, 2.24) is 0 Å². The third-order valence-corrected chi connectivity index (χ3v) is 6.24. The van der Waals surface area contributed by atoms with Gasteiger partial charge in [-0.05, 0) is 43.9 Å². The van der Waals surface area contributed by atoms with E-state index in [0.717, 1.165) is 41.1 Å².